The van der Waals surface area contributed by atoms with Crippen molar-refractivity contribution in [2.45, 2.75) is 38.3 Å². The van der Waals surface area contributed by atoms with E-state index in [1.807, 2.05) is 6.92 Å². The summed E-state index contributed by atoms with van der Waals surface area (Å²) < 4.78 is 5.20. The highest BCUT2D eigenvalue weighted by Gasteiger charge is 2.37. The fourth-order valence-corrected chi connectivity index (χ4v) is 2.65. The van der Waals surface area contributed by atoms with Crippen LogP contribution < -0.4 is 5.32 Å². The monoisotopic (exact) mass is 248 g/mol. The Hall–Kier alpha value is -0.320. The van der Waals surface area contributed by atoms with Gasteiger partial charge < -0.3 is 15.0 Å². The molecular formula is C11H21ClN2O2. The zero-order chi connectivity index (χ0) is 10.7. The van der Waals surface area contributed by atoms with E-state index in [2.05, 4.69) is 10.2 Å². The highest BCUT2D eigenvalue weighted by molar-refractivity contribution is 5.85. The third-order valence-electron chi connectivity index (χ3n) is 3.37. The molecule has 2 unspecified atom stereocenters. The molecule has 2 atom stereocenters. The number of rotatable bonds is 3. The molecule has 2 aliphatic heterocycles. The van der Waals surface area contributed by atoms with Gasteiger partial charge in [0.2, 0.25) is 5.91 Å². The number of carbonyl (C=O) groups excluding carboxylic acids is 1. The van der Waals surface area contributed by atoms with Crippen molar-refractivity contribution in [1.82, 2.24) is 10.2 Å². The molecule has 0 spiro atoms. The van der Waals surface area contributed by atoms with Gasteiger partial charge in [-0.15, -0.1) is 12.4 Å². The average Bonchev–Trinajstić information content (AvgIpc) is 2.49. The van der Waals surface area contributed by atoms with Crippen LogP contribution in [0.2, 0.25) is 0 Å². The zero-order valence-corrected chi connectivity index (χ0v) is 10.6. The molecule has 2 heterocycles. The van der Waals surface area contributed by atoms with Crippen molar-refractivity contribution in [2.24, 2.45) is 0 Å². The lowest BCUT2D eigenvalue weighted by molar-refractivity contribution is -0.138. The van der Waals surface area contributed by atoms with Crippen LogP contribution in [0.1, 0.15) is 26.2 Å². The first-order valence-corrected chi connectivity index (χ1v) is 5.92. The second-order valence-corrected chi connectivity index (χ2v) is 4.32. The molecule has 2 aliphatic rings. The van der Waals surface area contributed by atoms with Crippen LogP contribution in [0.4, 0.5) is 0 Å². The van der Waals surface area contributed by atoms with Crippen molar-refractivity contribution in [3.05, 3.63) is 0 Å². The smallest absolute Gasteiger partial charge is 0.249 e. The van der Waals surface area contributed by atoms with Crippen LogP contribution in [0.5, 0.6) is 0 Å². The fourth-order valence-electron chi connectivity index (χ4n) is 2.65. The molecule has 0 saturated carbocycles. The Labute approximate surface area is 103 Å². The summed E-state index contributed by atoms with van der Waals surface area (Å²) in [7, 11) is 0. The quantitative estimate of drug-likeness (QED) is 0.803. The van der Waals surface area contributed by atoms with Gasteiger partial charge >= 0.3 is 0 Å². The van der Waals surface area contributed by atoms with Crippen LogP contribution in [0.25, 0.3) is 0 Å². The van der Waals surface area contributed by atoms with Crippen molar-refractivity contribution in [3.63, 3.8) is 0 Å². The predicted octanol–water partition coefficient (Wildman–Crippen LogP) is 0.798. The van der Waals surface area contributed by atoms with E-state index in [1.165, 1.54) is 6.42 Å². The van der Waals surface area contributed by atoms with Crippen LogP contribution in [0.3, 0.4) is 0 Å². The Bertz CT molecular complexity index is 224. The average molecular weight is 249 g/mol. The third-order valence-corrected chi connectivity index (χ3v) is 3.37. The van der Waals surface area contributed by atoms with Crippen LogP contribution in [0, 0.1) is 0 Å². The lowest BCUT2D eigenvalue weighted by Crippen LogP contribution is -2.44. The largest absolute Gasteiger partial charge is 0.372 e. The molecule has 0 aliphatic carbocycles. The molecule has 0 aromatic rings. The highest BCUT2D eigenvalue weighted by atomic mass is 35.5. The standard InChI is InChI=1S/C11H20N2O2.ClH/c1-2-15-8-11(14)13-9-3-4-10(13)7-12-6-5-9;/h9-10,12H,2-8H2,1H3;1H. The number of halogens is 1. The van der Waals surface area contributed by atoms with E-state index < -0.39 is 0 Å². The molecule has 1 N–H and O–H groups in total. The second-order valence-electron chi connectivity index (χ2n) is 4.32. The summed E-state index contributed by atoms with van der Waals surface area (Å²) >= 11 is 0. The molecular weight excluding hydrogens is 228 g/mol. The van der Waals surface area contributed by atoms with Crippen LogP contribution in [-0.4, -0.2) is 49.2 Å². The topological polar surface area (TPSA) is 41.6 Å². The van der Waals surface area contributed by atoms with Gasteiger partial charge in [0.1, 0.15) is 6.61 Å². The van der Waals surface area contributed by atoms with Gasteiger partial charge in [0, 0.05) is 25.2 Å². The number of hydrogen-bond donors (Lipinski definition) is 1. The number of nitrogens with one attached hydrogen (secondary N) is 1. The maximum atomic E-state index is 11.9. The van der Waals surface area contributed by atoms with E-state index in [1.54, 1.807) is 0 Å². The van der Waals surface area contributed by atoms with Crippen molar-refractivity contribution < 1.29 is 9.53 Å². The van der Waals surface area contributed by atoms with Gasteiger partial charge in [-0.05, 0) is 32.7 Å². The highest BCUT2D eigenvalue weighted by Crippen LogP contribution is 2.27. The van der Waals surface area contributed by atoms with Crippen molar-refractivity contribution in [3.8, 4) is 0 Å². The Kier molecular flexibility index (Phi) is 5.52. The van der Waals surface area contributed by atoms with Crippen LogP contribution >= 0.6 is 12.4 Å². The second kappa shape index (κ2) is 6.42. The molecule has 2 fully saturated rings. The predicted molar refractivity (Wildman–Crippen MR) is 64.9 cm³/mol. The summed E-state index contributed by atoms with van der Waals surface area (Å²) in [6.45, 7) is 4.79. The summed E-state index contributed by atoms with van der Waals surface area (Å²) in [5.41, 5.74) is 0. The third kappa shape index (κ3) is 2.87. The summed E-state index contributed by atoms with van der Waals surface area (Å²) in [5.74, 6) is 0.174. The van der Waals surface area contributed by atoms with Crippen molar-refractivity contribution >= 4 is 18.3 Å². The zero-order valence-electron chi connectivity index (χ0n) is 9.78. The Morgan fingerprint density at radius 1 is 1.38 bits per heavy atom. The first kappa shape index (κ1) is 13.7. The minimum absolute atomic E-state index is 0. The molecule has 0 aromatic carbocycles. The summed E-state index contributed by atoms with van der Waals surface area (Å²) in [6, 6.07) is 0.864. The van der Waals surface area contributed by atoms with E-state index in [0.717, 1.165) is 25.9 Å². The molecule has 2 saturated heterocycles. The molecule has 5 heteroatoms. The molecule has 4 nitrogen and oxygen atoms in total. The summed E-state index contributed by atoms with van der Waals surface area (Å²) in [4.78, 5) is 14.0. The van der Waals surface area contributed by atoms with Crippen molar-refractivity contribution in [2.75, 3.05) is 26.3 Å². The molecule has 94 valence electrons. The fraction of sp³-hybridized carbons (Fsp3) is 0.909. The van der Waals surface area contributed by atoms with Crippen LogP contribution in [-0.2, 0) is 9.53 Å². The lowest BCUT2D eigenvalue weighted by Gasteiger charge is -2.27. The van der Waals surface area contributed by atoms with Crippen molar-refractivity contribution in [1.29, 1.82) is 0 Å². The van der Waals surface area contributed by atoms with Gasteiger partial charge in [0.25, 0.3) is 0 Å². The minimum Gasteiger partial charge on any atom is -0.372 e. The van der Waals surface area contributed by atoms with Gasteiger partial charge in [-0.1, -0.05) is 0 Å². The number of carbonyl (C=O) groups is 1. The Balaban J connectivity index is 0.00000128. The van der Waals surface area contributed by atoms with Gasteiger partial charge in [-0.25, -0.2) is 0 Å². The minimum atomic E-state index is 0. The van der Waals surface area contributed by atoms with Gasteiger partial charge in [-0.3, -0.25) is 4.79 Å². The summed E-state index contributed by atoms with van der Waals surface area (Å²) in [6.07, 6.45) is 3.41. The normalized spacial score (nSPS) is 28.4. The Morgan fingerprint density at radius 3 is 2.88 bits per heavy atom. The first-order valence-electron chi connectivity index (χ1n) is 5.92. The van der Waals surface area contributed by atoms with E-state index in [4.69, 9.17) is 4.74 Å². The lowest BCUT2D eigenvalue weighted by atomic mass is 10.1. The number of nitrogens with zero attached hydrogens (tertiary/aromatic N) is 1. The van der Waals surface area contributed by atoms with Gasteiger partial charge in [0.15, 0.2) is 0 Å². The van der Waals surface area contributed by atoms with E-state index in [0.29, 0.717) is 18.7 Å². The maximum Gasteiger partial charge on any atom is 0.249 e. The summed E-state index contributed by atoms with van der Waals surface area (Å²) in [5, 5.41) is 3.38. The number of amides is 1. The SMILES string of the molecule is CCOCC(=O)N1C2CCNCC1CC2.Cl. The maximum absolute atomic E-state index is 11.9. The number of fused-ring (bicyclic) bond motifs is 2. The molecule has 0 aromatic heterocycles. The van der Waals surface area contributed by atoms with E-state index >= 15 is 0 Å². The molecule has 16 heavy (non-hydrogen) atoms. The van der Waals surface area contributed by atoms with Gasteiger partial charge in [-0.2, -0.15) is 0 Å². The molecule has 2 bridgehead atoms. The molecule has 2 rings (SSSR count). The molecule has 1 amide bonds. The number of hydrogen-bond acceptors (Lipinski definition) is 3. The van der Waals surface area contributed by atoms with E-state index in [9.17, 15) is 4.79 Å². The first-order chi connectivity index (χ1) is 7.33. The number of ether oxygens (including phenoxy) is 1. The van der Waals surface area contributed by atoms with Crippen LogP contribution in [0.15, 0.2) is 0 Å². The van der Waals surface area contributed by atoms with E-state index in [-0.39, 0.29) is 24.9 Å². The van der Waals surface area contributed by atoms with Gasteiger partial charge in [0.05, 0.1) is 0 Å². The molecule has 0 radical (unpaired) electrons. The Morgan fingerprint density at radius 2 is 2.12 bits per heavy atom.